The van der Waals surface area contributed by atoms with E-state index in [2.05, 4.69) is 0 Å². The van der Waals surface area contributed by atoms with E-state index in [4.69, 9.17) is 23.2 Å². The third kappa shape index (κ3) is 2.77. The van der Waals surface area contributed by atoms with Gasteiger partial charge in [0.1, 0.15) is 5.82 Å². The van der Waals surface area contributed by atoms with Crippen LogP contribution in [0.15, 0.2) is 30.3 Å². The zero-order valence-electron chi connectivity index (χ0n) is 11.1. The van der Waals surface area contributed by atoms with E-state index in [-0.39, 0.29) is 11.2 Å². The van der Waals surface area contributed by atoms with E-state index in [1.54, 1.807) is 13.0 Å². The topological polar surface area (TPSA) is 0 Å². The molecule has 0 aromatic heterocycles. The van der Waals surface area contributed by atoms with Crippen LogP contribution >= 0.6 is 23.2 Å². The van der Waals surface area contributed by atoms with Gasteiger partial charge in [0.2, 0.25) is 0 Å². The summed E-state index contributed by atoms with van der Waals surface area (Å²) < 4.78 is 13.4. The Morgan fingerprint density at radius 1 is 1.00 bits per heavy atom. The Morgan fingerprint density at radius 3 is 2.37 bits per heavy atom. The van der Waals surface area contributed by atoms with E-state index < -0.39 is 0 Å². The number of benzene rings is 2. The quantitative estimate of drug-likeness (QED) is 0.621. The lowest BCUT2D eigenvalue weighted by atomic mass is 9.96. The number of alkyl halides is 1. The SMILES string of the molecule is Cc1cc(C(Cl)c2cccc(C)c2C)c(Cl)cc1F. The monoisotopic (exact) mass is 296 g/mol. The van der Waals surface area contributed by atoms with Gasteiger partial charge in [-0.15, -0.1) is 11.6 Å². The van der Waals surface area contributed by atoms with Crippen molar-refractivity contribution in [3.63, 3.8) is 0 Å². The van der Waals surface area contributed by atoms with Gasteiger partial charge in [0, 0.05) is 5.02 Å². The summed E-state index contributed by atoms with van der Waals surface area (Å²) in [6.45, 7) is 5.78. The fourth-order valence-electron chi connectivity index (χ4n) is 2.09. The van der Waals surface area contributed by atoms with Crippen molar-refractivity contribution in [3.05, 3.63) is 69.0 Å². The van der Waals surface area contributed by atoms with Crippen LogP contribution in [0.25, 0.3) is 0 Å². The Bertz CT molecular complexity index is 620. The van der Waals surface area contributed by atoms with Crippen LogP contribution in [0.4, 0.5) is 4.39 Å². The first-order valence-corrected chi connectivity index (χ1v) is 6.89. The molecular weight excluding hydrogens is 282 g/mol. The molecule has 0 aliphatic rings. The molecule has 0 aliphatic heterocycles. The van der Waals surface area contributed by atoms with Gasteiger partial charge in [-0.3, -0.25) is 0 Å². The maximum absolute atomic E-state index is 13.4. The van der Waals surface area contributed by atoms with Crippen molar-refractivity contribution >= 4 is 23.2 Å². The molecule has 100 valence electrons. The van der Waals surface area contributed by atoms with Crippen molar-refractivity contribution in [3.8, 4) is 0 Å². The minimum atomic E-state index is -0.369. The molecule has 0 bridgehead atoms. The van der Waals surface area contributed by atoms with Gasteiger partial charge in [-0.2, -0.15) is 0 Å². The van der Waals surface area contributed by atoms with E-state index >= 15 is 0 Å². The summed E-state index contributed by atoms with van der Waals surface area (Å²) >= 11 is 12.6. The Morgan fingerprint density at radius 2 is 1.68 bits per heavy atom. The lowest BCUT2D eigenvalue weighted by Crippen LogP contribution is -2.00. The van der Waals surface area contributed by atoms with E-state index in [0.29, 0.717) is 10.6 Å². The summed E-state index contributed by atoms with van der Waals surface area (Å²) in [7, 11) is 0. The molecular formula is C16H15Cl2F. The molecule has 0 saturated heterocycles. The molecule has 0 amide bonds. The third-order valence-corrected chi connectivity index (χ3v) is 4.27. The zero-order chi connectivity index (χ0) is 14.2. The number of hydrogen-bond acceptors (Lipinski definition) is 0. The second-order valence-corrected chi connectivity index (χ2v) is 5.62. The number of aryl methyl sites for hydroxylation is 2. The van der Waals surface area contributed by atoms with Crippen molar-refractivity contribution in [1.82, 2.24) is 0 Å². The zero-order valence-corrected chi connectivity index (χ0v) is 12.6. The van der Waals surface area contributed by atoms with Gasteiger partial charge in [0.05, 0.1) is 5.38 Å². The van der Waals surface area contributed by atoms with E-state index in [0.717, 1.165) is 16.7 Å². The summed E-state index contributed by atoms with van der Waals surface area (Å²) in [5.74, 6) is -0.307. The highest BCUT2D eigenvalue weighted by molar-refractivity contribution is 6.33. The molecule has 0 saturated carbocycles. The number of rotatable bonds is 2. The van der Waals surface area contributed by atoms with Crippen molar-refractivity contribution < 1.29 is 4.39 Å². The molecule has 0 spiro atoms. The average Bonchev–Trinajstić information content (AvgIpc) is 2.36. The van der Waals surface area contributed by atoms with Gasteiger partial charge < -0.3 is 0 Å². The maximum atomic E-state index is 13.4. The van der Waals surface area contributed by atoms with Gasteiger partial charge in [0.25, 0.3) is 0 Å². The Kier molecular flexibility index (Phi) is 4.17. The van der Waals surface area contributed by atoms with Gasteiger partial charge in [-0.1, -0.05) is 29.8 Å². The highest BCUT2D eigenvalue weighted by Gasteiger charge is 2.18. The molecule has 19 heavy (non-hydrogen) atoms. The molecule has 3 heteroatoms. The Hall–Kier alpha value is -1.05. The second kappa shape index (κ2) is 5.52. The smallest absolute Gasteiger partial charge is 0.127 e. The highest BCUT2D eigenvalue weighted by Crippen LogP contribution is 2.36. The molecule has 0 aliphatic carbocycles. The fraction of sp³-hybridized carbons (Fsp3) is 0.250. The molecule has 0 fully saturated rings. The minimum absolute atomic E-state index is 0.307. The fourth-order valence-corrected chi connectivity index (χ4v) is 2.82. The van der Waals surface area contributed by atoms with Crippen LogP contribution in [0.1, 0.15) is 33.2 Å². The van der Waals surface area contributed by atoms with Crippen LogP contribution in [0, 0.1) is 26.6 Å². The van der Waals surface area contributed by atoms with Crippen LogP contribution in [0.2, 0.25) is 5.02 Å². The molecule has 0 N–H and O–H groups in total. The molecule has 1 atom stereocenters. The average molecular weight is 297 g/mol. The third-order valence-electron chi connectivity index (χ3n) is 3.47. The molecule has 0 radical (unpaired) electrons. The standard InChI is InChI=1S/C16H15Cl2F/c1-9-5-4-6-12(11(9)3)16(18)13-7-10(2)15(19)8-14(13)17/h4-8,16H,1-3H3. The van der Waals surface area contributed by atoms with Crippen LogP contribution in [0.3, 0.4) is 0 Å². The van der Waals surface area contributed by atoms with E-state index in [1.807, 2.05) is 32.0 Å². The predicted octanol–water partition coefficient (Wildman–Crippen LogP) is 5.73. The molecule has 0 heterocycles. The van der Waals surface area contributed by atoms with Crippen molar-refractivity contribution in [2.24, 2.45) is 0 Å². The summed E-state index contributed by atoms with van der Waals surface area (Å²) in [5.41, 5.74) is 4.62. The van der Waals surface area contributed by atoms with Crippen molar-refractivity contribution in [2.75, 3.05) is 0 Å². The summed E-state index contributed by atoms with van der Waals surface area (Å²) in [6, 6.07) is 9.04. The predicted molar refractivity (Wildman–Crippen MR) is 79.8 cm³/mol. The lowest BCUT2D eigenvalue weighted by Gasteiger charge is -2.17. The summed E-state index contributed by atoms with van der Waals surface area (Å²) in [6.07, 6.45) is 0. The first-order valence-electron chi connectivity index (χ1n) is 6.07. The van der Waals surface area contributed by atoms with E-state index in [1.165, 1.54) is 11.6 Å². The summed E-state index contributed by atoms with van der Waals surface area (Å²) in [5, 5.41) is -0.00398. The Balaban J connectivity index is 2.53. The van der Waals surface area contributed by atoms with Crippen LogP contribution in [-0.4, -0.2) is 0 Å². The van der Waals surface area contributed by atoms with Gasteiger partial charge >= 0.3 is 0 Å². The van der Waals surface area contributed by atoms with Crippen LogP contribution in [0.5, 0.6) is 0 Å². The lowest BCUT2D eigenvalue weighted by molar-refractivity contribution is 0.618. The van der Waals surface area contributed by atoms with Crippen molar-refractivity contribution in [2.45, 2.75) is 26.1 Å². The molecule has 0 nitrogen and oxygen atoms in total. The first kappa shape index (κ1) is 14.4. The molecule has 2 aromatic rings. The van der Waals surface area contributed by atoms with Crippen molar-refractivity contribution in [1.29, 1.82) is 0 Å². The number of hydrogen-bond donors (Lipinski definition) is 0. The van der Waals surface area contributed by atoms with Gasteiger partial charge in [-0.05, 0) is 60.7 Å². The molecule has 2 rings (SSSR count). The molecule has 2 aromatic carbocycles. The number of halogens is 3. The minimum Gasteiger partial charge on any atom is -0.207 e. The summed E-state index contributed by atoms with van der Waals surface area (Å²) in [4.78, 5) is 0. The second-order valence-electron chi connectivity index (χ2n) is 4.77. The Labute approximate surface area is 123 Å². The van der Waals surface area contributed by atoms with Gasteiger partial charge in [-0.25, -0.2) is 4.39 Å². The highest BCUT2D eigenvalue weighted by atomic mass is 35.5. The van der Waals surface area contributed by atoms with Crippen LogP contribution < -0.4 is 0 Å². The molecule has 1 unspecified atom stereocenters. The van der Waals surface area contributed by atoms with Gasteiger partial charge in [0.15, 0.2) is 0 Å². The van der Waals surface area contributed by atoms with Crippen LogP contribution in [-0.2, 0) is 0 Å². The van der Waals surface area contributed by atoms with E-state index in [9.17, 15) is 4.39 Å². The first-order chi connectivity index (χ1) is 8.91. The normalized spacial score (nSPS) is 12.5. The largest absolute Gasteiger partial charge is 0.207 e. The maximum Gasteiger partial charge on any atom is 0.127 e.